The molecule has 0 atom stereocenters. The monoisotopic (exact) mass is 556 g/mol. The molecule has 0 aliphatic heterocycles. The molecule has 1 amide bonds. The van der Waals surface area contributed by atoms with Gasteiger partial charge in [0.05, 0.1) is 17.8 Å². The van der Waals surface area contributed by atoms with Crippen LogP contribution in [0.25, 0.3) is 0 Å². The first-order valence-corrected chi connectivity index (χ1v) is 13.4. The van der Waals surface area contributed by atoms with Crippen LogP contribution in [0.5, 0.6) is 0 Å². The van der Waals surface area contributed by atoms with Crippen LogP contribution in [-0.2, 0) is 22.4 Å². The fourth-order valence-corrected chi connectivity index (χ4v) is 4.11. The lowest BCUT2D eigenvalue weighted by molar-refractivity contribution is -0.115. The highest BCUT2D eigenvalue weighted by Crippen LogP contribution is 2.31. The van der Waals surface area contributed by atoms with Crippen LogP contribution in [0.15, 0.2) is 66.9 Å². The quantitative estimate of drug-likeness (QED) is 0.243. The lowest BCUT2D eigenvalue weighted by Gasteiger charge is -2.20. The molecule has 4 heterocycles. The summed E-state index contributed by atoms with van der Waals surface area (Å²) in [6.07, 6.45) is 9.49. The fraction of sp³-hybridized carbons (Fsp3) is 0.310. The van der Waals surface area contributed by atoms with Gasteiger partial charge in [-0.25, -0.2) is 9.97 Å². The second-order valence-electron chi connectivity index (χ2n) is 9.24. The number of aldehydes is 1. The van der Waals surface area contributed by atoms with Crippen molar-refractivity contribution in [3.05, 3.63) is 83.9 Å². The zero-order chi connectivity index (χ0) is 29.3. The molecule has 0 unspecified atom stereocenters. The number of carbonyl (C=O) groups excluding carboxylic acids is 2. The molecule has 12 nitrogen and oxygen atoms in total. The van der Waals surface area contributed by atoms with Gasteiger partial charge in [-0.15, -0.1) is 10.2 Å². The van der Waals surface area contributed by atoms with Gasteiger partial charge in [0.1, 0.15) is 23.7 Å². The topological polar surface area (TPSA) is 188 Å². The Labute approximate surface area is 239 Å². The van der Waals surface area contributed by atoms with E-state index in [4.69, 9.17) is 11.5 Å². The number of hydrogen-bond acceptors (Lipinski definition) is 11. The van der Waals surface area contributed by atoms with Crippen molar-refractivity contribution in [3.63, 3.8) is 0 Å². The van der Waals surface area contributed by atoms with E-state index in [9.17, 15) is 9.59 Å². The van der Waals surface area contributed by atoms with Crippen molar-refractivity contribution in [3.8, 4) is 0 Å². The highest BCUT2D eigenvalue weighted by Gasteiger charge is 2.16. The first-order chi connectivity index (χ1) is 20.0. The van der Waals surface area contributed by atoms with Gasteiger partial charge in [-0.2, -0.15) is 10.2 Å². The summed E-state index contributed by atoms with van der Waals surface area (Å²) < 4.78 is 0. The first kappa shape index (κ1) is 30.5. The Balaban J connectivity index is 0.000000175. The van der Waals surface area contributed by atoms with Gasteiger partial charge in [0.25, 0.3) is 0 Å². The standard InChI is InChI=1S/C11H11N5O.C11H17N3.C7H8N2O/c12-9-4-1-3-8(14-9)7-11(17)15-10-5-2-6-13-16-10;1-12-11-8-7-10(13-14-11)9-5-3-2-4-6-9;8-7-3-1-2-6(9-7)4-5-10/h1-6H,7H2,(H2,12,14)(H,15,16,17);7-9H,2-6H2,1H3,(H,12,14);1-3,5H,4H2,(H2,8,9). The molecule has 1 aliphatic rings. The Morgan fingerprint density at radius 3 is 2.15 bits per heavy atom. The third-order valence-corrected chi connectivity index (χ3v) is 6.10. The van der Waals surface area contributed by atoms with E-state index in [1.165, 1.54) is 44.0 Å². The van der Waals surface area contributed by atoms with Gasteiger partial charge in [0, 0.05) is 31.3 Å². The molecule has 0 radical (unpaired) electrons. The maximum Gasteiger partial charge on any atom is 0.231 e. The molecule has 1 saturated carbocycles. The number of nitrogens with zero attached hydrogens (tertiary/aromatic N) is 6. The molecule has 12 heteroatoms. The van der Waals surface area contributed by atoms with Crippen LogP contribution >= 0.6 is 0 Å². The lowest BCUT2D eigenvalue weighted by Crippen LogP contribution is -2.16. The smallest absolute Gasteiger partial charge is 0.231 e. The average molecular weight is 557 g/mol. The van der Waals surface area contributed by atoms with E-state index in [2.05, 4.69) is 47.1 Å². The molecule has 1 fully saturated rings. The van der Waals surface area contributed by atoms with Crippen LogP contribution in [0.1, 0.15) is 55.1 Å². The number of carbonyl (C=O) groups is 2. The first-order valence-electron chi connectivity index (χ1n) is 13.4. The van der Waals surface area contributed by atoms with E-state index in [1.54, 1.807) is 48.5 Å². The minimum atomic E-state index is -0.205. The average Bonchev–Trinajstić information content (AvgIpc) is 2.99. The summed E-state index contributed by atoms with van der Waals surface area (Å²) in [6, 6.07) is 17.9. The van der Waals surface area contributed by atoms with Crippen molar-refractivity contribution in [2.45, 2.75) is 50.9 Å². The maximum atomic E-state index is 11.6. The van der Waals surface area contributed by atoms with Gasteiger partial charge in [0.15, 0.2) is 5.82 Å². The molecule has 5 rings (SSSR count). The molecule has 0 spiro atoms. The van der Waals surface area contributed by atoms with Crippen molar-refractivity contribution in [1.82, 2.24) is 30.4 Å². The van der Waals surface area contributed by atoms with Gasteiger partial charge < -0.3 is 26.9 Å². The second-order valence-corrected chi connectivity index (χ2v) is 9.24. The molecule has 0 saturated heterocycles. The molecule has 1 aliphatic carbocycles. The predicted octanol–water partition coefficient (Wildman–Crippen LogP) is 3.61. The third kappa shape index (κ3) is 11.3. The zero-order valence-electron chi connectivity index (χ0n) is 23.1. The number of aromatic nitrogens is 6. The number of pyridine rings is 2. The predicted molar refractivity (Wildman–Crippen MR) is 159 cm³/mol. The summed E-state index contributed by atoms with van der Waals surface area (Å²) in [4.78, 5) is 29.6. The summed E-state index contributed by atoms with van der Waals surface area (Å²) in [5.74, 6) is 2.57. The zero-order valence-corrected chi connectivity index (χ0v) is 23.1. The molecule has 4 aromatic rings. The molecular weight excluding hydrogens is 520 g/mol. The molecular formula is C29H36N10O2. The number of nitrogen functional groups attached to an aromatic ring is 2. The largest absolute Gasteiger partial charge is 0.384 e. The van der Waals surface area contributed by atoms with Gasteiger partial charge in [0.2, 0.25) is 5.91 Å². The number of nitrogens with two attached hydrogens (primary N) is 2. The Morgan fingerprint density at radius 2 is 1.56 bits per heavy atom. The Kier molecular flexibility index (Phi) is 12.6. The summed E-state index contributed by atoms with van der Waals surface area (Å²) in [7, 11) is 1.87. The lowest BCUT2D eigenvalue weighted by atomic mass is 9.87. The highest BCUT2D eigenvalue weighted by molar-refractivity contribution is 5.91. The van der Waals surface area contributed by atoms with Crippen LogP contribution in [0.4, 0.5) is 23.3 Å². The van der Waals surface area contributed by atoms with Crippen molar-refractivity contribution in [2.75, 3.05) is 29.1 Å². The van der Waals surface area contributed by atoms with Crippen LogP contribution < -0.4 is 22.1 Å². The normalized spacial score (nSPS) is 12.5. The minimum Gasteiger partial charge on any atom is -0.384 e. The molecule has 4 aromatic heterocycles. The number of hydrogen-bond donors (Lipinski definition) is 4. The van der Waals surface area contributed by atoms with Gasteiger partial charge >= 0.3 is 0 Å². The van der Waals surface area contributed by atoms with E-state index in [0.29, 0.717) is 35.5 Å². The number of amides is 1. The Bertz CT molecular complexity index is 1350. The van der Waals surface area contributed by atoms with Crippen LogP contribution in [0.2, 0.25) is 0 Å². The summed E-state index contributed by atoms with van der Waals surface area (Å²) in [5, 5.41) is 21.4. The van der Waals surface area contributed by atoms with Crippen molar-refractivity contribution in [1.29, 1.82) is 0 Å². The number of anilines is 4. The van der Waals surface area contributed by atoms with E-state index in [1.807, 2.05) is 13.1 Å². The van der Waals surface area contributed by atoms with Crippen molar-refractivity contribution >= 4 is 35.5 Å². The van der Waals surface area contributed by atoms with Crippen molar-refractivity contribution < 1.29 is 9.59 Å². The Hall–Kier alpha value is -5.00. The van der Waals surface area contributed by atoms with E-state index in [-0.39, 0.29) is 12.3 Å². The van der Waals surface area contributed by atoms with Gasteiger partial charge in [-0.05, 0) is 61.4 Å². The molecule has 0 bridgehead atoms. The summed E-state index contributed by atoms with van der Waals surface area (Å²) in [6.45, 7) is 0. The molecule has 0 aromatic carbocycles. The number of rotatable bonds is 7. The van der Waals surface area contributed by atoms with E-state index >= 15 is 0 Å². The summed E-state index contributed by atoms with van der Waals surface area (Å²) in [5.41, 5.74) is 13.4. The maximum absolute atomic E-state index is 11.6. The Morgan fingerprint density at radius 1 is 0.854 bits per heavy atom. The van der Waals surface area contributed by atoms with Crippen LogP contribution in [-0.4, -0.2) is 49.6 Å². The van der Waals surface area contributed by atoms with Crippen molar-refractivity contribution in [2.24, 2.45) is 0 Å². The summed E-state index contributed by atoms with van der Waals surface area (Å²) >= 11 is 0. The SMILES string of the molecule is CNc1ccc(C2CCCCC2)nn1.Nc1cccc(CC(=O)Nc2cccnn2)n1.Nc1cccc(CC=O)n1. The molecule has 41 heavy (non-hydrogen) atoms. The van der Waals surface area contributed by atoms with Gasteiger partial charge in [-0.3, -0.25) is 4.79 Å². The van der Waals surface area contributed by atoms with Crippen LogP contribution in [0, 0.1) is 0 Å². The van der Waals surface area contributed by atoms with Crippen LogP contribution in [0.3, 0.4) is 0 Å². The second kappa shape index (κ2) is 16.9. The third-order valence-electron chi connectivity index (χ3n) is 6.10. The number of nitrogens with one attached hydrogen (secondary N) is 2. The fourth-order valence-electron chi connectivity index (χ4n) is 4.11. The van der Waals surface area contributed by atoms with E-state index in [0.717, 1.165) is 17.8 Å². The highest BCUT2D eigenvalue weighted by atomic mass is 16.1. The minimum absolute atomic E-state index is 0.154. The van der Waals surface area contributed by atoms with E-state index < -0.39 is 0 Å². The molecule has 214 valence electrons. The van der Waals surface area contributed by atoms with Gasteiger partial charge in [-0.1, -0.05) is 31.4 Å². The molecule has 6 N–H and O–H groups in total.